The first kappa shape index (κ1) is 14.6. The number of benzene rings is 1. The van der Waals surface area contributed by atoms with Gasteiger partial charge in [0.15, 0.2) is 11.5 Å². The van der Waals surface area contributed by atoms with Crippen LogP contribution in [0.15, 0.2) is 36.8 Å². The molecular formula is C17H18N4O3. The van der Waals surface area contributed by atoms with Crippen molar-refractivity contribution in [2.24, 2.45) is 7.05 Å². The number of nitrogens with zero attached hydrogens (tertiary/aromatic N) is 3. The molecule has 24 heavy (non-hydrogen) atoms. The fourth-order valence-corrected chi connectivity index (χ4v) is 3.12. The predicted molar refractivity (Wildman–Crippen MR) is 87.6 cm³/mol. The van der Waals surface area contributed by atoms with Gasteiger partial charge in [0.2, 0.25) is 0 Å². The number of amides is 1. The van der Waals surface area contributed by atoms with E-state index in [1.54, 1.807) is 17.8 Å². The molecule has 0 spiro atoms. The summed E-state index contributed by atoms with van der Waals surface area (Å²) in [6.45, 7) is 0.413. The van der Waals surface area contributed by atoms with E-state index in [-0.39, 0.29) is 11.9 Å². The van der Waals surface area contributed by atoms with Crippen LogP contribution >= 0.6 is 0 Å². The highest BCUT2D eigenvalue weighted by atomic mass is 16.5. The Bertz CT molecular complexity index is 912. The van der Waals surface area contributed by atoms with E-state index < -0.39 is 0 Å². The van der Waals surface area contributed by atoms with Crippen molar-refractivity contribution in [2.75, 3.05) is 13.7 Å². The highest BCUT2D eigenvalue weighted by molar-refractivity contribution is 6.00. The molecule has 1 aliphatic rings. The third-order valence-electron chi connectivity index (χ3n) is 4.29. The Morgan fingerprint density at radius 2 is 2.29 bits per heavy atom. The lowest BCUT2D eigenvalue weighted by Gasteiger charge is -2.27. The van der Waals surface area contributed by atoms with Crippen LogP contribution < -0.4 is 14.8 Å². The molecule has 0 saturated heterocycles. The van der Waals surface area contributed by atoms with Crippen LogP contribution in [-0.2, 0) is 13.5 Å². The monoisotopic (exact) mass is 326 g/mol. The van der Waals surface area contributed by atoms with Gasteiger partial charge in [-0.1, -0.05) is 12.1 Å². The van der Waals surface area contributed by atoms with Gasteiger partial charge in [0.25, 0.3) is 5.91 Å². The molecule has 7 heteroatoms. The smallest absolute Gasteiger partial charge is 0.257 e. The molecule has 3 heterocycles. The second-order valence-corrected chi connectivity index (χ2v) is 5.87. The number of methoxy groups -OCH3 is 1. The summed E-state index contributed by atoms with van der Waals surface area (Å²) < 4.78 is 14.7. The lowest BCUT2D eigenvalue weighted by atomic mass is 10.0. The van der Waals surface area contributed by atoms with Crippen molar-refractivity contribution < 1.29 is 14.3 Å². The molecule has 0 radical (unpaired) electrons. The van der Waals surface area contributed by atoms with E-state index in [0.717, 1.165) is 22.7 Å². The number of rotatable bonds is 3. The molecule has 2 aromatic heterocycles. The Hall–Kier alpha value is -2.96. The summed E-state index contributed by atoms with van der Waals surface area (Å²) in [7, 11) is 3.51. The molecule has 1 N–H and O–H groups in total. The Kier molecular flexibility index (Phi) is 3.41. The van der Waals surface area contributed by atoms with E-state index in [1.807, 2.05) is 42.2 Å². The minimum absolute atomic E-state index is 0.0904. The third kappa shape index (κ3) is 2.29. The molecule has 3 aromatic rings. The van der Waals surface area contributed by atoms with Crippen molar-refractivity contribution in [2.45, 2.75) is 12.5 Å². The highest BCUT2D eigenvalue weighted by Crippen LogP contribution is 2.34. The molecule has 4 rings (SSSR count). The first-order valence-electron chi connectivity index (χ1n) is 7.75. The van der Waals surface area contributed by atoms with E-state index in [1.165, 1.54) is 0 Å². The minimum atomic E-state index is -0.147. The zero-order valence-electron chi connectivity index (χ0n) is 13.5. The number of aromatic nitrogens is 3. The maximum Gasteiger partial charge on any atom is 0.257 e. The molecule has 0 fully saturated rings. The summed E-state index contributed by atoms with van der Waals surface area (Å²) in [5, 5.41) is 7.24. The Morgan fingerprint density at radius 3 is 3.12 bits per heavy atom. The van der Waals surface area contributed by atoms with E-state index >= 15 is 0 Å². The third-order valence-corrected chi connectivity index (χ3v) is 4.29. The molecule has 1 amide bonds. The van der Waals surface area contributed by atoms with Gasteiger partial charge < -0.3 is 19.4 Å². The molecule has 1 atom stereocenters. The van der Waals surface area contributed by atoms with Crippen molar-refractivity contribution in [3.05, 3.63) is 47.9 Å². The molecule has 0 bridgehead atoms. The maximum absolute atomic E-state index is 12.6. The molecule has 1 unspecified atom stereocenters. The molecule has 0 saturated carbocycles. The van der Waals surface area contributed by atoms with Crippen LogP contribution in [-0.4, -0.2) is 39.8 Å². The van der Waals surface area contributed by atoms with E-state index in [0.29, 0.717) is 18.6 Å². The SMILES string of the molecule is COc1cccc2c1OCC(NC(=O)c1cnn3ccn(C)c13)C2. The van der Waals surface area contributed by atoms with Gasteiger partial charge in [-0.2, -0.15) is 5.10 Å². The van der Waals surface area contributed by atoms with Gasteiger partial charge in [0, 0.05) is 25.0 Å². The Labute approximate surface area is 138 Å². The maximum atomic E-state index is 12.6. The summed E-state index contributed by atoms with van der Waals surface area (Å²) in [6, 6.07) is 5.70. The molecule has 0 aliphatic carbocycles. The van der Waals surface area contributed by atoms with Gasteiger partial charge in [0.05, 0.1) is 19.3 Å². The van der Waals surface area contributed by atoms with Gasteiger partial charge in [-0.3, -0.25) is 4.79 Å². The van der Waals surface area contributed by atoms with Crippen molar-refractivity contribution >= 4 is 11.6 Å². The van der Waals surface area contributed by atoms with Crippen molar-refractivity contribution in [1.82, 2.24) is 19.5 Å². The fourth-order valence-electron chi connectivity index (χ4n) is 3.12. The first-order valence-corrected chi connectivity index (χ1v) is 7.75. The number of hydrogen-bond acceptors (Lipinski definition) is 4. The van der Waals surface area contributed by atoms with Crippen LogP contribution in [0.1, 0.15) is 15.9 Å². The lowest BCUT2D eigenvalue weighted by Crippen LogP contribution is -2.42. The molecule has 7 nitrogen and oxygen atoms in total. The van der Waals surface area contributed by atoms with Crippen LogP contribution in [0.25, 0.3) is 5.65 Å². The molecular weight excluding hydrogens is 308 g/mol. The number of para-hydroxylation sites is 1. The van der Waals surface area contributed by atoms with Crippen LogP contribution in [0.5, 0.6) is 11.5 Å². The summed E-state index contributed by atoms with van der Waals surface area (Å²) in [5.74, 6) is 1.34. The van der Waals surface area contributed by atoms with E-state index in [4.69, 9.17) is 9.47 Å². The van der Waals surface area contributed by atoms with Gasteiger partial charge in [-0.05, 0) is 12.5 Å². The highest BCUT2D eigenvalue weighted by Gasteiger charge is 2.25. The number of carbonyl (C=O) groups is 1. The Balaban J connectivity index is 1.54. The lowest BCUT2D eigenvalue weighted by molar-refractivity contribution is 0.0916. The van der Waals surface area contributed by atoms with E-state index in [2.05, 4.69) is 10.4 Å². The largest absolute Gasteiger partial charge is 0.493 e. The number of hydrogen-bond donors (Lipinski definition) is 1. The topological polar surface area (TPSA) is 69.8 Å². The van der Waals surface area contributed by atoms with Crippen molar-refractivity contribution in [1.29, 1.82) is 0 Å². The first-order chi connectivity index (χ1) is 11.7. The number of aryl methyl sites for hydroxylation is 1. The normalized spacial score (nSPS) is 16.5. The number of nitrogens with one attached hydrogen (secondary N) is 1. The van der Waals surface area contributed by atoms with Crippen molar-refractivity contribution in [3.63, 3.8) is 0 Å². The number of fused-ring (bicyclic) bond motifs is 2. The minimum Gasteiger partial charge on any atom is -0.493 e. The quantitative estimate of drug-likeness (QED) is 0.790. The second kappa shape index (κ2) is 5.59. The summed E-state index contributed by atoms with van der Waals surface area (Å²) in [6.07, 6.45) is 5.98. The van der Waals surface area contributed by atoms with Gasteiger partial charge in [0.1, 0.15) is 17.8 Å². The number of ether oxygens (including phenoxy) is 2. The zero-order chi connectivity index (χ0) is 16.7. The Morgan fingerprint density at radius 1 is 1.42 bits per heavy atom. The van der Waals surface area contributed by atoms with Gasteiger partial charge >= 0.3 is 0 Å². The van der Waals surface area contributed by atoms with Crippen LogP contribution in [0, 0.1) is 0 Å². The molecule has 1 aromatic carbocycles. The second-order valence-electron chi connectivity index (χ2n) is 5.87. The summed E-state index contributed by atoms with van der Waals surface area (Å²) in [4.78, 5) is 12.6. The van der Waals surface area contributed by atoms with Gasteiger partial charge in [-0.25, -0.2) is 4.52 Å². The molecule has 124 valence electrons. The average molecular weight is 326 g/mol. The zero-order valence-corrected chi connectivity index (χ0v) is 13.5. The standard InChI is InChI=1S/C17H18N4O3/c1-20-6-7-21-17(20)13(9-18-21)16(22)19-12-8-11-4-3-5-14(23-2)15(11)24-10-12/h3-7,9,12H,8,10H2,1-2H3,(H,19,22). The van der Waals surface area contributed by atoms with Crippen molar-refractivity contribution in [3.8, 4) is 11.5 Å². The van der Waals surface area contributed by atoms with E-state index in [9.17, 15) is 4.79 Å². The van der Waals surface area contributed by atoms with Crippen LogP contribution in [0.2, 0.25) is 0 Å². The number of imidazole rings is 1. The molecule has 1 aliphatic heterocycles. The van der Waals surface area contributed by atoms with Crippen LogP contribution in [0.4, 0.5) is 0 Å². The summed E-state index contributed by atoms with van der Waals surface area (Å²) >= 11 is 0. The average Bonchev–Trinajstić information content (AvgIpc) is 3.17. The summed E-state index contributed by atoms with van der Waals surface area (Å²) in [5.41, 5.74) is 2.36. The fraction of sp³-hybridized carbons (Fsp3) is 0.294. The predicted octanol–water partition coefficient (Wildman–Crippen LogP) is 1.41. The van der Waals surface area contributed by atoms with Gasteiger partial charge in [-0.15, -0.1) is 0 Å². The van der Waals surface area contributed by atoms with Crippen LogP contribution in [0.3, 0.4) is 0 Å². The number of carbonyl (C=O) groups excluding carboxylic acids is 1.